The smallest absolute Gasteiger partial charge is 0.812 e. The van der Waals surface area contributed by atoms with Crippen molar-refractivity contribution in [3.63, 3.8) is 0 Å². The predicted octanol–water partition coefficient (Wildman–Crippen LogP) is -0.480. The first-order valence-electron chi connectivity index (χ1n) is 7.84. The van der Waals surface area contributed by atoms with Gasteiger partial charge in [-0.25, -0.2) is 10.5 Å². The van der Waals surface area contributed by atoms with Crippen molar-refractivity contribution >= 4 is 0 Å². The minimum atomic E-state index is 0. The van der Waals surface area contributed by atoms with Gasteiger partial charge < -0.3 is 10.2 Å². The van der Waals surface area contributed by atoms with E-state index in [1.807, 2.05) is 0 Å². The fraction of sp³-hybridized carbons (Fsp3) is 0. The fourth-order valence-corrected chi connectivity index (χ4v) is 1.73. The maximum Gasteiger partial charge on any atom is 2.00 e. The van der Waals surface area contributed by atoms with E-state index in [4.69, 9.17) is 20.7 Å². The van der Waals surface area contributed by atoms with Gasteiger partial charge in [0, 0.05) is 62.1 Å². The summed E-state index contributed by atoms with van der Waals surface area (Å²) in [4.78, 5) is 32.1. The Labute approximate surface area is 189 Å². The number of hydrogen-bond donors (Lipinski definition) is 0. The summed E-state index contributed by atoms with van der Waals surface area (Å²) in [5.41, 5.74) is 2.97. The fourth-order valence-electron chi connectivity index (χ4n) is 1.73. The van der Waals surface area contributed by atoms with Crippen LogP contribution in [-0.4, -0.2) is 39.9 Å². The molecule has 154 valence electrons. The normalized spacial score (nSPS) is 7.94. The van der Waals surface area contributed by atoms with Gasteiger partial charge in [0.25, 0.3) is 0 Å². The molecule has 4 aromatic heterocycles. The first kappa shape index (κ1) is 26.5. The molecule has 0 unspecified atom stereocenters. The molecular formula is C18H12N10O2Ru. The average molecular weight is 501 g/mol. The quantitative estimate of drug-likeness (QED) is 0.253. The van der Waals surface area contributed by atoms with E-state index in [9.17, 15) is 0 Å². The summed E-state index contributed by atoms with van der Waals surface area (Å²) in [6.45, 7) is 0. The van der Waals surface area contributed by atoms with Crippen LogP contribution in [0.4, 0.5) is 0 Å². The average Bonchev–Trinajstić information content (AvgIpc) is 2.83. The van der Waals surface area contributed by atoms with E-state index in [0.717, 1.165) is 22.8 Å². The van der Waals surface area contributed by atoms with E-state index in [2.05, 4.69) is 39.9 Å². The molecule has 4 heterocycles. The second-order valence-corrected chi connectivity index (χ2v) is 4.55. The van der Waals surface area contributed by atoms with Gasteiger partial charge in [-0.1, -0.05) is 0 Å². The monoisotopic (exact) mass is 502 g/mol. The molecule has 0 bridgehead atoms. The first-order chi connectivity index (χ1) is 14.8. The molecule has 12 nitrogen and oxygen atoms in total. The van der Waals surface area contributed by atoms with Gasteiger partial charge in [0.1, 0.15) is 22.8 Å². The van der Waals surface area contributed by atoms with E-state index in [1.54, 1.807) is 74.4 Å². The number of nitrogens with zero attached hydrogens (tertiary/aromatic N) is 10. The Morgan fingerprint density at radius 3 is 0.806 bits per heavy atom. The molecule has 4 rings (SSSR count). The molecule has 0 fully saturated rings. The minimum absolute atomic E-state index is 0. The Hall–Kier alpha value is -4.48. The third-order valence-electron chi connectivity index (χ3n) is 2.78. The molecule has 0 saturated carbocycles. The van der Waals surface area contributed by atoms with Gasteiger partial charge in [-0.15, -0.1) is 0 Å². The molecule has 0 aliphatic carbocycles. The zero-order chi connectivity index (χ0) is 21.9. The molecule has 4 aromatic rings. The van der Waals surface area contributed by atoms with E-state index < -0.39 is 0 Å². The Morgan fingerprint density at radius 1 is 0.484 bits per heavy atom. The topological polar surface area (TPSA) is 197 Å². The van der Waals surface area contributed by atoms with Crippen LogP contribution >= 0.6 is 0 Å². The van der Waals surface area contributed by atoms with Gasteiger partial charge in [0.2, 0.25) is 0 Å². The summed E-state index contributed by atoms with van der Waals surface area (Å²) in [5, 5.41) is 30.0. The predicted molar refractivity (Wildman–Crippen MR) is 97.3 cm³/mol. The van der Waals surface area contributed by atoms with Crippen LogP contribution in [0.2, 0.25) is 0 Å². The number of aromatic nitrogens is 8. The zero-order valence-electron chi connectivity index (χ0n) is 15.6. The third-order valence-corrected chi connectivity index (χ3v) is 2.78. The molecule has 0 N–H and O–H groups in total. The van der Waals surface area contributed by atoms with Gasteiger partial charge in [-0.3, -0.25) is 39.9 Å². The summed E-state index contributed by atoms with van der Waals surface area (Å²) in [5.74, 6) is 0. The Balaban J connectivity index is 0.000000453. The van der Waals surface area contributed by atoms with E-state index in [1.165, 1.54) is 0 Å². The van der Waals surface area contributed by atoms with Crippen molar-refractivity contribution in [2.24, 2.45) is 0 Å². The van der Waals surface area contributed by atoms with Gasteiger partial charge in [0.05, 0.1) is 24.8 Å². The summed E-state index contributed by atoms with van der Waals surface area (Å²) in [6.07, 6.45) is 20.6. The van der Waals surface area contributed by atoms with Gasteiger partial charge >= 0.3 is 19.5 Å². The SMILES string of the molecule is N#C[O-].N#C[O-].[Ru+2].c1cnc(-c2cnccn2)cn1.c1cnc(-c2cnccn2)cn1. The molecule has 0 aliphatic heterocycles. The second kappa shape index (κ2) is 17.6. The summed E-state index contributed by atoms with van der Waals surface area (Å²) in [6, 6.07) is 0. The molecule has 0 spiro atoms. The Morgan fingerprint density at radius 2 is 0.677 bits per heavy atom. The standard InChI is InChI=1S/2C8H6N4.2CHNO.Ru/c2*1-3-11-7(5-9-1)8-6-10-2-4-12-8;2*2-1-3;/h2*1-6H;2*3H;/q;;;;+2/p-2. The second-order valence-electron chi connectivity index (χ2n) is 4.55. The van der Waals surface area contributed by atoms with Crippen LogP contribution in [0.1, 0.15) is 0 Å². The number of nitriles is 2. The van der Waals surface area contributed by atoms with Crippen LogP contribution in [0.25, 0.3) is 22.8 Å². The molecule has 0 radical (unpaired) electrons. The molecule has 0 atom stereocenters. The Bertz CT molecular complexity index is 869. The van der Waals surface area contributed by atoms with Crippen molar-refractivity contribution < 1.29 is 29.7 Å². The minimum Gasteiger partial charge on any atom is -0.812 e. The van der Waals surface area contributed by atoms with E-state index in [-0.39, 0.29) is 19.5 Å². The molecule has 0 aromatic carbocycles. The van der Waals surface area contributed by atoms with Crippen molar-refractivity contribution in [1.29, 1.82) is 10.5 Å². The van der Waals surface area contributed by atoms with Crippen LogP contribution in [0.15, 0.2) is 74.4 Å². The van der Waals surface area contributed by atoms with Crippen molar-refractivity contribution in [2.75, 3.05) is 0 Å². The van der Waals surface area contributed by atoms with Crippen LogP contribution < -0.4 is 10.2 Å². The van der Waals surface area contributed by atoms with Gasteiger partial charge in [-0.2, -0.15) is 0 Å². The largest absolute Gasteiger partial charge is 2.00 e. The summed E-state index contributed by atoms with van der Waals surface area (Å²) >= 11 is 0. The third kappa shape index (κ3) is 11.2. The number of hydrogen-bond acceptors (Lipinski definition) is 12. The molecule has 0 amide bonds. The molecular weight excluding hydrogens is 489 g/mol. The van der Waals surface area contributed by atoms with Gasteiger partial charge in [0.15, 0.2) is 0 Å². The molecule has 0 saturated heterocycles. The van der Waals surface area contributed by atoms with Crippen LogP contribution in [0.3, 0.4) is 0 Å². The first-order valence-corrected chi connectivity index (χ1v) is 7.84. The van der Waals surface area contributed by atoms with Gasteiger partial charge in [-0.05, 0) is 0 Å². The van der Waals surface area contributed by atoms with Crippen LogP contribution in [-0.2, 0) is 19.5 Å². The van der Waals surface area contributed by atoms with Crippen molar-refractivity contribution in [1.82, 2.24) is 39.9 Å². The van der Waals surface area contributed by atoms with Crippen LogP contribution in [0, 0.1) is 23.0 Å². The van der Waals surface area contributed by atoms with E-state index >= 15 is 0 Å². The zero-order valence-corrected chi connectivity index (χ0v) is 17.3. The number of rotatable bonds is 2. The maximum absolute atomic E-state index is 8.24. The summed E-state index contributed by atoms with van der Waals surface area (Å²) in [7, 11) is 0. The molecule has 31 heavy (non-hydrogen) atoms. The van der Waals surface area contributed by atoms with Crippen molar-refractivity contribution in [3.8, 4) is 35.3 Å². The van der Waals surface area contributed by atoms with E-state index in [0.29, 0.717) is 12.5 Å². The van der Waals surface area contributed by atoms with Crippen LogP contribution in [0.5, 0.6) is 0 Å². The maximum atomic E-state index is 8.24. The van der Waals surface area contributed by atoms with Crippen molar-refractivity contribution in [3.05, 3.63) is 74.4 Å². The Kier molecular flexibility index (Phi) is 15.1. The summed E-state index contributed by atoms with van der Waals surface area (Å²) < 4.78 is 0. The molecule has 0 aliphatic rings. The van der Waals surface area contributed by atoms with Crippen molar-refractivity contribution in [2.45, 2.75) is 0 Å². The molecule has 13 heteroatoms.